The highest BCUT2D eigenvalue weighted by atomic mass is 16.6. The summed E-state index contributed by atoms with van der Waals surface area (Å²) in [5.41, 5.74) is 3.18. The number of hydrogen-bond donors (Lipinski definition) is 2. The molecule has 1 aromatic rings. The molecule has 0 spiro atoms. The van der Waals surface area contributed by atoms with E-state index in [-0.39, 0.29) is 12.7 Å². The monoisotopic (exact) mass is 378 g/mol. The number of rotatable bonds is 7. The van der Waals surface area contributed by atoms with Crippen molar-refractivity contribution in [2.24, 2.45) is 5.92 Å². The molecule has 152 valence electrons. The molecule has 1 aliphatic heterocycles. The lowest BCUT2D eigenvalue weighted by atomic mass is 9.91. The Morgan fingerprint density at radius 2 is 1.96 bits per heavy atom. The molecule has 0 aromatic heterocycles. The van der Waals surface area contributed by atoms with Crippen molar-refractivity contribution in [3.63, 3.8) is 0 Å². The third kappa shape index (κ3) is 5.84. The van der Waals surface area contributed by atoms with Crippen molar-refractivity contribution >= 4 is 6.09 Å². The number of alkyl carbamates (subject to hydrolysis) is 1. The van der Waals surface area contributed by atoms with Crippen LogP contribution >= 0.6 is 0 Å². The van der Waals surface area contributed by atoms with E-state index in [1.54, 1.807) is 0 Å². The Bertz CT molecular complexity index is 648. The van der Waals surface area contributed by atoms with Gasteiger partial charge in [0.1, 0.15) is 18.0 Å². The number of nitrogens with one attached hydrogen (secondary N) is 1. The van der Waals surface area contributed by atoms with Crippen molar-refractivity contribution in [2.75, 3.05) is 32.8 Å². The average molecular weight is 379 g/mol. The largest absolute Gasteiger partial charge is 0.491 e. The molecule has 0 aliphatic carbocycles. The average Bonchev–Trinajstić information content (AvgIpc) is 2.53. The summed E-state index contributed by atoms with van der Waals surface area (Å²) in [6.07, 6.45) is -0.348. The van der Waals surface area contributed by atoms with Crippen LogP contribution in [0.3, 0.4) is 0 Å². The van der Waals surface area contributed by atoms with Gasteiger partial charge in [-0.3, -0.25) is 4.90 Å². The molecule has 1 fully saturated rings. The Balaban J connectivity index is 1.85. The fourth-order valence-corrected chi connectivity index (χ4v) is 3.38. The number of benzene rings is 1. The molecule has 6 heteroatoms. The highest BCUT2D eigenvalue weighted by Crippen LogP contribution is 2.33. The van der Waals surface area contributed by atoms with Crippen molar-refractivity contribution in [1.82, 2.24) is 10.2 Å². The molecule has 0 saturated carbocycles. The molecule has 0 bridgehead atoms. The third-order valence-electron chi connectivity index (χ3n) is 5.05. The van der Waals surface area contributed by atoms with Gasteiger partial charge < -0.3 is 19.9 Å². The maximum absolute atomic E-state index is 11.8. The second-order valence-electron chi connectivity index (χ2n) is 8.35. The standard InChI is InChI=1S/C21H34N2O4/c1-14-15(2)19(26-10-9-24)8-7-18(14)16(3)23-12-17(13-23)11-22-20(25)27-21(4,5)6/h7-8,16-17,24H,9-13H2,1-6H3,(H,22,25). The molecule has 27 heavy (non-hydrogen) atoms. The number of nitrogens with zero attached hydrogens (tertiary/aromatic N) is 1. The molecule has 1 saturated heterocycles. The second kappa shape index (κ2) is 8.93. The van der Waals surface area contributed by atoms with Crippen molar-refractivity contribution in [3.05, 3.63) is 28.8 Å². The maximum atomic E-state index is 11.8. The SMILES string of the molecule is Cc1c(OCCO)ccc(C(C)N2CC(CNC(=O)OC(C)(C)C)C2)c1C. The lowest BCUT2D eigenvalue weighted by molar-refractivity contribution is 0.0391. The second-order valence-corrected chi connectivity index (χ2v) is 8.35. The van der Waals surface area contributed by atoms with Crippen molar-refractivity contribution in [1.29, 1.82) is 0 Å². The van der Waals surface area contributed by atoms with Gasteiger partial charge in [0.05, 0.1) is 6.61 Å². The molecule has 6 nitrogen and oxygen atoms in total. The van der Waals surface area contributed by atoms with Gasteiger partial charge in [-0.15, -0.1) is 0 Å². The molecule has 1 amide bonds. The number of likely N-dealkylation sites (tertiary alicyclic amines) is 1. The van der Waals surface area contributed by atoms with Crippen LogP contribution in [0.1, 0.15) is 50.4 Å². The topological polar surface area (TPSA) is 71.0 Å². The Kier molecular flexibility index (Phi) is 7.12. The van der Waals surface area contributed by atoms with Crippen molar-refractivity contribution in [2.45, 2.75) is 53.2 Å². The van der Waals surface area contributed by atoms with Gasteiger partial charge in [-0.2, -0.15) is 0 Å². The van der Waals surface area contributed by atoms with Crippen LogP contribution in [0, 0.1) is 19.8 Å². The fourth-order valence-electron chi connectivity index (χ4n) is 3.38. The van der Waals surface area contributed by atoms with E-state index in [1.165, 1.54) is 11.1 Å². The zero-order valence-corrected chi connectivity index (χ0v) is 17.5. The van der Waals surface area contributed by atoms with Gasteiger partial charge in [0.25, 0.3) is 0 Å². The first-order chi connectivity index (χ1) is 12.6. The molecular formula is C21H34N2O4. The lowest BCUT2D eigenvalue weighted by Gasteiger charge is -2.44. The molecule has 0 radical (unpaired) electrons. The third-order valence-corrected chi connectivity index (χ3v) is 5.05. The number of aliphatic hydroxyl groups is 1. The fraction of sp³-hybridized carbons (Fsp3) is 0.667. The summed E-state index contributed by atoms with van der Waals surface area (Å²) in [4.78, 5) is 14.2. The molecule has 1 unspecified atom stereocenters. The van der Waals surface area contributed by atoms with Crippen molar-refractivity contribution < 1.29 is 19.4 Å². The molecule has 2 rings (SSSR count). The number of amides is 1. The predicted octanol–water partition coefficient (Wildman–Crippen LogP) is 3.19. The Morgan fingerprint density at radius 1 is 1.30 bits per heavy atom. The van der Waals surface area contributed by atoms with Crippen LogP contribution in [0.5, 0.6) is 5.75 Å². The number of carbonyl (C=O) groups excluding carboxylic acids is 1. The smallest absolute Gasteiger partial charge is 0.407 e. The predicted molar refractivity (Wildman–Crippen MR) is 106 cm³/mol. The highest BCUT2D eigenvalue weighted by molar-refractivity contribution is 5.67. The first-order valence-electron chi connectivity index (χ1n) is 9.67. The summed E-state index contributed by atoms with van der Waals surface area (Å²) in [7, 11) is 0. The quantitative estimate of drug-likeness (QED) is 0.762. The summed E-state index contributed by atoms with van der Waals surface area (Å²) in [5.74, 6) is 1.29. The van der Waals surface area contributed by atoms with E-state index in [2.05, 4.69) is 37.1 Å². The number of aliphatic hydroxyl groups excluding tert-OH is 1. The van der Waals surface area contributed by atoms with Gasteiger partial charge in [-0.05, 0) is 64.3 Å². The highest BCUT2D eigenvalue weighted by Gasteiger charge is 2.32. The number of ether oxygens (including phenoxy) is 2. The van der Waals surface area contributed by atoms with E-state index in [1.807, 2.05) is 26.8 Å². The number of hydrogen-bond acceptors (Lipinski definition) is 5. The maximum Gasteiger partial charge on any atom is 0.407 e. The minimum absolute atomic E-state index is 0.0170. The molecule has 1 heterocycles. The van der Waals surface area contributed by atoms with E-state index in [4.69, 9.17) is 14.6 Å². The summed E-state index contributed by atoms with van der Waals surface area (Å²) in [6, 6.07) is 4.42. The molecule has 1 aromatic carbocycles. The summed E-state index contributed by atoms with van der Waals surface area (Å²) in [5, 5.41) is 11.8. The van der Waals surface area contributed by atoms with Gasteiger partial charge in [0.2, 0.25) is 0 Å². The van der Waals surface area contributed by atoms with Crippen LogP contribution in [0.4, 0.5) is 4.79 Å². The number of carbonyl (C=O) groups is 1. The molecule has 1 atom stereocenters. The Labute approximate surface area is 162 Å². The van der Waals surface area contributed by atoms with Gasteiger partial charge in [0, 0.05) is 31.6 Å². The van der Waals surface area contributed by atoms with E-state index in [0.717, 1.165) is 24.4 Å². The Morgan fingerprint density at radius 3 is 2.56 bits per heavy atom. The normalized spacial score (nSPS) is 16.6. The minimum atomic E-state index is -0.466. The summed E-state index contributed by atoms with van der Waals surface area (Å²) >= 11 is 0. The van der Waals surface area contributed by atoms with Gasteiger partial charge in [0.15, 0.2) is 0 Å². The van der Waals surface area contributed by atoms with Gasteiger partial charge >= 0.3 is 6.09 Å². The van der Waals surface area contributed by atoms with Crippen LogP contribution in [0.25, 0.3) is 0 Å². The molecular weight excluding hydrogens is 344 g/mol. The van der Waals surface area contributed by atoms with Crippen molar-refractivity contribution in [3.8, 4) is 5.75 Å². The Hall–Kier alpha value is -1.79. The van der Waals surface area contributed by atoms with E-state index in [9.17, 15) is 4.79 Å². The van der Waals surface area contributed by atoms with Crippen LogP contribution in [0.2, 0.25) is 0 Å². The van der Waals surface area contributed by atoms with Crippen LogP contribution < -0.4 is 10.1 Å². The molecule has 2 N–H and O–H groups in total. The minimum Gasteiger partial charge on any atom is -0.491 e. The van der Waals surface area contributed by atoms with E-state index >= 15 is 0 Å². The van der Waals surface area contributed by atoms with Crippen LogP contribution in [-0.2, 0) is 4.74 Å². The zero-order chi connectivity index (χ0) is 20.2. The van der Waals surface area contributed by atoms with E-state index in [0.29, 0.717) is 25.1 Å². The van der Waals surface area contributed by atoms with E-state index < -0.39 is 5.60 Å². The first-order valence-corrected chi connectivity index (χ1v) is 9.67. The van der Waals surface area contributed by atoms with Gasteiger partial charge in [-0.25, -0.2) is 4.79 Å². The summed E-state index contributed by atoms with van der Waals surface area (Å²) < 4.78 is 10.9. The zero-order valence-electron chi connectivity index (χ0n) is 17.5. The first kappa shape index (κ1) is 21.5. The summed E-state index contributed by atoms with van der Waals surface area (Å²) in [6.45, 7) is 14.9. The molecule has 1 aliphatic rings. The van der Waals surface area contributed by atoms with Crippen LogP contribution in [-0.4, -0.2) is 54.5 Å². The van der Waals surface area contributed by atoms with Gasteiger partial charge in [-0.1, -0.05) is 6.07 Å². The van der Waals surface area contributed by atoms with Crippen LogP contribution in [0.15, 0.2) is 12.1 Å². The lowest BCUT2D eigenvalue weighted by Crippen LogP contribution is -2.52.